The normalized spacial score (nSPS) is 22.6. The van der Waals surface area contributed by atoms with Crippen LogP contribution in [0.4, 0.5) is 0 Å². The first-order chi connectivity index (χ1) is 9.76. The number of ether oxygens (including phenoxy) is 1. The second-order valence-electron chi connectivity index (χ2n) is 5.91. The summed E-state index contributed by atoms with van der Waals surface area (Å²) in [5.74, 6) is 1.78. The lowest BCUT2D eigenvalue weighted by molar-refractivity contribution is -0.126. The maximum absolute atomic E-state index is 11.7. The number of carbonyl (C=O) groups is 1. The molecule has 1 atom stereocenters. The molecule has 3 nitrogen and oxygen atoms in total. The molecule has 1 unspecified atom stereocenters. The summed E-state index contributed by atoms with van der Waals surface area (Å²) in [4.78, 5) is 14.2. The smallest absolute Gasteiger partial charge is 0.138 e. The maximum Gasteiger partial charge on any atom is 0.138 e. The predicted molar refractivity (Wildman–Crippen MR) is 79.2 cm³/mol. The van der Waals surface area contributed by atoms with Crippen molar-refractivity contribution >= 4 is 5.78 Å². The van der Waals surface area contributed by atoms with E-state index in [4.69, 9.17) is 4.74 Å². The molecule has 1 fully saturated rings. The number of Topliss-reactive ketones (excluding diaryl/α,β-unsaturated/α-hetero) is 1. The molecule has 0 aliphatic carbocycles. The maximum atomic E-state index is 11.7. The molecule has 2 aliphatic heterocycles. The lowest BCUT2D eigenvalue weighted by Crippen LogP contribution is -2.41. The van der Waals surface area contributed by atoms with Crippen LogP contribution >= 0.6 is 0 Å². The quantitative estimate of drug-likeness (QED) is 0.844. The third kappa shape index (κ3) is 2.88. The Morgan fingerprint density at radius 3 is 3.10 bits per heavy atom. The molecule has 1 aromatic carbocycles. The second-order valence-corrected chi connectivity index (χ2v) is 5.91. The highest BCUT2D eigenvalue weighted by Gasteiger charge is 2.25. The van der Waals surface area contributed by atoms with Gasteiger partial charge in [-0.25, -0.2) is 0 Å². The van der Waals surface area contributed by atoms with E-state index in [1.807, 2.05) is 0 Å². The summed E-state index contributed by atoms with van der Waals surface area (Å²) in [5.41, 5.74) is 2.74. The van der Waals surface area contributed by atoms with E-state index in [0.29, 0.717) is 5.78 Å². The highest BCUT2D eigenvalue weighted by Crippen LogP contribution is 2.26. The van der Waals surface area contributed by atoms with Gasteiger partial charge in [0.1, 0.15) is 11.5 Å². The van der Waals surface area contributed by atoms with Gasteiger partial charge in [0.05, 0.1) is 6.61 Å². The van der Waals surface area contributed by atoms with E-state index in [1.165, 1.54) is 11.1 Å². The molecule has 1 aromatic rings. The standard InChI is InChI=1S/C17H23NO2/c1-2-14-12-18(9-6-16(14)19)8-5-13-3-4-17-15(11-13)7-10-20-17/h3-4,11,14H,2,5-10,12H2,1H3. The Morgan fingerprint density at radius 2 is 2.25 bits per heavy atom. The van der Waals surface area contributed by atoms with E-state index < -0.39 is 0 Å². The van der Waals surface area contributed by atoms with Gasteiger partial charge in [-0.3, -0.25) is 4.79 Å². The summed E-state index contributed by atoms with van der Waals surface area (Å²) in [6.07, 6.45) is 3.82. The van der Waals surface area contributed by atoms with Crippen LogP contribution in [0.3, 0.4) is 0 Å². The van der Waals surface area contributed by atoms with Gasteiger partial charge in [0.15, 0.2) is 0 Å². The van der Waals surface area contributed by atoms with Gasteiger partial charge in [-0.05, 0) is 30.0 Å². The Kier molecular flexibility index (Phi) is 4.06. The predicted octanol–water partition coefficient (Wildman–Crippen LogP) is 2.47. The zero-order chi connectivity index (χ0) is 13.9. The highest BCUT2D eigenvalue weighted by molar-refractivity contribution is 5.82. The number of carbonyl (C=O) groups excluding carboxylic acids is 1. The molecule has 3 rings (SSSR count). The molecule has 0 radical (unpaired) electrons. The molecule has 3 heteroatoms. The van der Waals surface area contributed by atoms with Crippen LogP contribution in [0, 0.1) is 5.92 Å². The minimum absolute atomic E-state index is 0.261. The van der Waals surface area contributed by atoms with E-state index in [-0.39, 0.29) is 5.92 Å². The fourth-order valence-electron chi connectivity index (χ4n) is 3.22. The number of fused-ring (bicyclic) bond motifs is 1. The lowest BCUT2D eigenvalue weighted by atomic mass is 9.94. The molecule has 0 spiro atoms. The summed E-state index contributed by atoms with van der Waals surface area (Å²) in [7, 11) is 0. The van der Waals surface area contributed by atoms with Gasteiger partial charge < -0.3 is 9.64 Å². The number of hydrogen-bond acceptors (Lipinski definition) is 3. The van der Waals surface area contributed by atoms with Gasteiger partial charge in [0.25, 0.3) is 0 Å². The number of rotatable bonds is 4. The molecule has 108 valence electrons. The molecular formula is C17H23NO2. The van der Waals surface area contributed by atoms with Crippen LogP contribution in [0.2, 0.25) is 0 Å². The molecule has 0 aromatic heterocycles. The Hall–Kier alpha value is -1.35. The largest absolute Gasteiger partial charge is 0.493 e. The first kappa shape index (κ1) is 13.6. The Labute approximate surface area is 120 Å². The van der Waals surface area contributed by atoms with E-state index in [2.05, 4.69) is 30.0 Å². The van der Waals surface area contributed by atoms with Crippen molar-refractivity contribution in [2.75, 3.05) is 26.2 Å². The topological polar surface area (TPSA) is 29.5 Å². The number of piperidine rings is 1. The molecule has 0 amide bonds. The number of benzene rings is 1. The van der Waals surface area contributed by atoms with E-state index in [0.717, 1.165) is 57.7 Å². The number of hydrogen-bond donors (Lipinski definition) is 0. The molecule has 2 aliphatic rings. The third-order valence-electron chi connectivity index (χ3n) is 4.57. The van der Waals surface area contributed by atoms with Gasteiger partial charge in [-0.1, -0.05) is 19.1 Å². The van der Waals surface area contributed by atoms with Crippen molar-refractivity contribution in [3.8, 4) is 5.75 Å². The van der Waals surface area contributed by atoms with Crippen LogP contribution in [0.25, 0.3) is 0 Å². The van der Waals surface area contributed by atoms with Gasteiger partial charge >= 0.3 is 0 Å². The van der Waals surface area contributed by atoms with Crippen molar-refractivity contribution in [3.63, 3.8) is 0 Å². The first-order valence-electron chi connectivity index (χ1n) is 7.76. The Balaban J connectivity index is 1.55. The fourth-order valence-corrected chi connectivity index (χ4v) is 3.22. The van der Waals surface area contributed by atoms with Crippen molar-refractivity contribution in [1.82, 2.24) is 4.90 Å². The molecule has 0 saturated carbocycles. The Bertz CT molecular complexity index is 498. The van der Waals surface area contributed by atoms with Gasteiger partial charge in [-0.2, -0.15) is 0 Å². The second kappa shape index (κ2) is 5.96. The van der Waals surface area contributed by atoms with Crippen molar-refractivity contribution in [1.29, 1.82) is 0 Å². The van der Waals surface area contributed by atoms with Crippen molar-refractivity contribution in [3.05, 3.63) is 29.3 Å². The third-order valence-corrected chi connectivity index (χ3v) is 4.57. The zero-order valence-electron chi connectivity index (χ0n) is 12.2. The molecule has 0 N–H and O–H groups in total. The summed E-state index contributed by atoms with van der Waals surface area (Å²) in [6, 6.07) is 6.57. The molecule has 2 heterocycles. The van der Waals surface area contributed by atoms with Crippen LogP contribution in [-0.4, -0.2) is 36.9 Å². The average Bonchev–Trinajstić information content (AvgIpc) is 2.94. The van der Waals surface area contributed by atoms with E-state index in [9.17, 15) is 4.79 Å². The fraction of sp³-hybridized carbons (Fsp3) is 0.588. The van der Waals surface area contributed by atoms with Crippen LogP contribution in [-0.2, 0) is 17.6 Å². The minimum atomic E-state index is 0.261. The molecule has 20 heavy (non-hydrogen) atoms. The monoisotopic (exact) mass is 273 g/mol. The summed E-state index contributed by atoms with van der Waals surface area (Å²) >= 11 is 0. The summed E-state index contributed by atoms with van der Waals surface area (Å²) < 4.78 is 5.54. The van der Waals surface area contributed by atoms with E-state index >= 15 is 0 Å². The van der Waals surface area contributed by atoms with Crippen LogP contribution in [0.15, 0.2) is 18.2 Å². The molecular weight excluding hydrogens is 250 g/mol. The van der Waals surface area contributed by atoms with E-state index in [1.54, 1.807) is 0 Å². The van der Waals surface area contributed by atoms with Crippen LogP contribution in [0.1, 0.15) is 30.9 Å². The number of likely N-dealkylation sites (tertiary alicyclic amines) is 1. The molecule has 1 saturated heterocycles. The molecule has 0 bridgehead atoms. The lowest BCUT2D eigenvalue weighted by Gasteiger charge is -2.31. The SMILES string of the molecule is CCC1CN(CCc2ccc3c(c2)CCO3)CCC1=O. The van der Waals surface area contributed by atoms with Gasteiger partial charge in [0, 0.05) is 38.4 Å². The number of ketones is 1. The average molecular weight is 273 g/mol. The minimum Gasteiger partial charge on any atom is -0.493 e. The van der Waals surface area contributed by atoms with Crippen LogP contribution < -0.4 is 4.74 Å². The Morgan fingerprint density at radius 1 is 1.35 bits per heavy atom. The van der Waals surface area contributed by atoms with Crippen molar-refractivity contribution in [2.24, 2.45) is 5.92 Å². The van der Waals surface area contributed by atoms with Crippen LogP contribution in [0.5, 0.6) is 5.75 Å². The highest BCUT2D eigenvalue weighted by atomic mass is 16.5. The van der Waals surface area contributed by atoms with Crippen molar-refractivity contribution in [2.45, 2.75) is 32.6 Å². The summed E-state index contributed by atoms with van der Waals surface area (Å²) in [6.45, 7) is 5.88. The van der Waals surface area contributed by atoms with Gasteiger partial charge in [-0.15, -0.1) is 0 Å². The van der Waals surface area contributed by atoms with Gasteiger partial charge in [0.2, 0.25) is 0 Å². The zero-order valence-corrected chi connectivity index (χ0v) is 12.2. The van der Waals surface area contributed by atoms with Crippen molar-refractivity contribution < 1.29 is 9.53 Å². The summed E-state index contributed by atoms with van der Waals surface area (Å²) in [5, 5.41) is 0. The number of nitrogens with zero attached hydrogens (tertiary/aromatic N) is 1. The first-order valence-corrected chi connectivity index (χ1v) is 7.76.